The molecule has 0 aliphatic heterocycles. The lowest BCUT2D eigenvalue weighted by molar-refractivity contribution is -0.147. The Morgan fingerprint density at radius 1 is 1.43 bits per heavy atom. The summed E-state index contributed by atoms with van der Waals surface area (Å²) in [5.74, 6) is 0.0837. The fourth-order valence-corrected chi connectivity index (χ4v) is 3.07. The number of aliphatic carboxylic acids is 1. The highest BCUT2D eigenvalue weighted by atomic mass is 32.1. The fourth-order valence-electron chi connectivity index (χ4n) is 2.29. The monoisotopic (exact) mass is 336 g/mol. The number of aromatic nitrogens is 1. The molecule has 1 atom stereocenters. The summed E-state index contributed by atoms with van der Waals surface area (Å²) in [7, 11) is 0. The number of hydrogen-bond donors (Lipinski definition) is 2. The van der Waals surface area contributed by atoms with Crippen molar-refractivity contribution in [3.05, 3.63) is 29.0 Å². The highest BCUT2D eigenvalue weighted by Gasteiger charge is 2.33. The number of aryl methyl sites for hydroxylation is 1. The van der Waals surface area contributed by atoms with E-state index in [4.69, 9.17) is 4.42 Å². The summed E-state index contributed by atoms with van der Waals surface area (Å²) in [5, 5.41) is 14.4. The Morgan fingerprint density at radius 3 is 2.74 bits per heavy atom. The number of carboxylic acid groups (broad SMARTS) is 1. The van der Waals surface area contributed by atoms with Crippen LogP contribution in [0.5, 0.6) is 0 Å². The first kappa shape index (κ1) is 17.2. The third-order valence-electron chi connectivity index (χ3n) is 3.48. The minimum Gasteiger partial charge on any atom is -0.480 e. The van der Waals surface area contributed by atoms with Crippen molar-refractivity contribution >= 4 is 23.2 Å². The van der Waals surface area contributed by atoms with Gasteiger partial charge in [-0.05, 0) is 32.4 Å². The molecule has 1 unspecified atom stereocenters. The summed E-state index contributed by atoms with van der Waals surface area (Å²) in [5.41, 5.74) is -0.649. The van der Waals surface area contributed by atoms with E-state index in [0.29, 0.717) is 29.3 Å². The standard InChI is InChI=1S/C16H20N2O4S/c1-4-7-16(3,15(20)21)18-13(19)8-11-9-23-14(17-11)12-6-5-10(2)22-12/h5-6,9H,4,7-8H2,1-3H3,(H,18,19)(H,20,21). The normalized spacial score (nSPS) is 13.5. The van der Waals surface area contributed by atoms with Crippen LogP contribution in [-0.2, 0) is 16.0 Å². The van der Waals surface area contributed by atoms with Gasteiger partial charge in [0.2, 0.25) is 5.91 Å². The van der Waals surface area contributed by atoms with Crippen molar-refractivity contribution in [3.63, 3.8) is 0 Å². The van der Waals surface area contributed by atoms with E-state index in [2.05, 4.69) is 10.3 Å². The quantitative estimate of drug-likeness (QED) is 0.811. The molecule has 0 saturated heterocycles. The minimum absolute atomic E-state index is 0.0444. The predicted octanol–water partition coefficient (Wildman–Crippen LogP) is 3.01. The Bertz CT molecular complexity index is 707. The van der Waals surface area contributed by atoms with Gasteiger partial charge in [0.05, 0.1) is 12.1 Å². The molecule has 0 saturated carbocycles. The Labute approximate surface area is 138 Å². The van der Waals surface area contributed by atoms with Crippen molar-refractivity contribution in [3.8, 4) is 10.8 Å². The van der Waals surface area contributed by atoms with Crippen LogP contribution in [0.25, 0.3) is 10.8 Å². The van der Waals surface area contributed by atoms with Gasteiger partial charge in [-0.15, -0.1) is 11.3 Å². The molecule has 0 aromatic carbocycles. The molecule has 0 bridgehead atoms. The van der Waals surface area contributed by atoms with Gasteiger partial charge in [-0.25, -0.2) is 9.78 Å². The third kappa shape index (κ3) is 4.19. The lowest BCUT2D eigenvalue weighted by Crippen LogP contribution is -2.52. The molecule has 2 aromatic rings. The molecule has 6 nitrogen and oxygen atoms in total. The first-order valence-corrected chi connectivity index (χ1v) is 8.27. The summed E-state index contributed by atoms with van der Waals surface area (Å²) in [6, 6.07) is 3.69. The number of rotatable bonds is 7. The van der Waals surface area contributed by atoms with E-state index in [-0.39, 0.29) is 12.3 Å². The number of carboxylic acids is 1. The molecule has 1 amide bonds. The number of nitrogens with one attached hydrogen (secondary N) is 1. The summed E-state index contributed by atoms with van der Waals surface area (Å²) < 4.78 is 5.50. The first-order chi connectivity index (χ1) is 10.8. The number of furan rings is 1. The van der Waals surface area contributed by atoms with Crippen LogP contribution in [0.4, 0.5) is 0 Å². The second kappa shape index (κ2) is 6.95. The third-order valence-corrected chi connectivity index (χ3v) is 4.39. The van der Waals surface area contributed by atoms with Crippen molar-refractivity contribution in [1.29, 1.82) is 0 Å². The van der Waals surface area contributed by atoms with Crippen LogP contribution in [0.2, 0.25) is 0 Å². The Morgan fingerprint density at radius 2 is 2.17 bits per heavy atom. The van der Waals surface area contributed by atoms with Crippen LogP contribution in [0.15, 0.2) is 21.9 Å². The maximum Gasteiger partial charge on any atom is 0.329 e. The summed E-state index contributed by atoms with van der Waals surface area (Å²) >= 11 is 1.39. The van der Waals surface area contributed by atoms with Crippen molar-refractivity contribution in [2.24, 2.45) is 0 Å². The molecule has 0 radical (unpaired) electrons. The second-order valence-corrected chi connectivity index (χ2v) is 6.52. The smallest absolute Gasteiger partial charge is 0.329 e. The maximum absolute atomic E-state index is 12.1. The molecule has 0 aliphatic carbocycles. The SMILES string of the molecule is CCCC(C)(NC(=O)Cc1csc(-c2ccc(C)o2)n1)C(=O)O. The van der Waals surface area contributed by atoms with Crippen molar-refractivity contribution < 1.29 is 19.1 Å². The predicted molar refractivity (Wildman–Crippen MR) is 87.3 cm³/mol. The van der Waals surface area contributed by atoms with Crippen LogP contribution >= 0.6 is 11.3 Å². The molecule has 0 spiro atoms. The largest absolute Gasteiger partial charge is 0.480 e. The fraction of sp³-hybridized carbons (Fsp3) is 0.438. The molecule has 0 fully saturated rings. The van der Waals surface area contributed by atoms with Gasteiger partial charge in [0.15, 0.2) is 10.8 Å². The zero-order valence-electron chi connectivity index (χ0n) is 13.4. The molecule has 0 aliphatic rings. The molecule has 124 valence electrons. The topological polar surface area (TPSA) is 92.4 Å². The van der Waals surface area contributed by atoms with Gasteiger partial charge in [-0.3, -0.25) is 4.79 Å². The minimum atomic E-state index is -1.25. The van der Waals surface area contributed by atoms with Crippen molar-refractivity contribution in [2.45, 2.75) is 45.6 Å². The van der Waals surface area contributed by atoms with E-state index >= 15 is 0 Å². The van der Waals surface area contributed by atoms with E-state index in [1.54, 1.807) is 5.38 Å². The second-order valence-electron chi connectivity index (χ2n) is 5.67. The van der Waals surface area contributed by atoms with Crippen LogP contribution in [0.3, 0.4) is 0 Å². The number of thiazole rings is 1. The molecule has 7 heteroatoms. The van der Waals surface area contributed by atoms with Crippen LogP contribution in [0.1, 0.15) is 38.1 Å². The first-order valence-electron chi connectivity index (χ1n) is 7.39. The highest BCUT2D eigenvalue weighted by Crippen LogP contribution is 2.25. The number of amides is 1. The van der Waals surface area contributed by atoms with E-state index in [1.165, 1.54) is 18.3 Å². The van der Waals surface area contributed by atoms with Gasteiger partial charge in [-0.2, -0.15) is 0 Å². The molecule has 2 N–H and O–H groups in total. The molecule has 2 aromatic heterocycles. The Hall–Kier alpha value is -2.15. The van der Waals surface area contributed by atoms with E-state index in [1.807, 2.05) is 26.0 Å². The molecule has 2 heterocycles. The van der Waals surface area contributed by atoms with Gasteiger partial charge in [0, 0.05) is 5.38 Å². The Balaban J connectivity index is 2.03. The summed E-state index contributed by atoms with van der Waals surface area (Å²) in [6.45, 7) is 5.26. The van der Waals surface area contributed by atoms with Crippen LogP contribution < -0.4 is 5.32 Å². The lowest BCUT2D eigenvalue weighted by Gasteiger charge is -2.25. The summed E-state index contributed by atoms with van der Waals surface area (Å²) in [4.78, 5) is 27.8. The van der Waals surface area contributed by atoms with Crippen LogP contribution in [0, 0.1) is 6.92 Å². The van der Waals surface area contributed by atoms with Gasteiger partial charge >= 0.3 is 5.97 Å². The number of carbonyl (C=O) groups is 2. The van der Waals surface area contributed by atoms with Gasteiger partial charge in [0.1, 0.15) is 11.3 Å². The molecular weight excluding hydrogens is 316 g/mol. The number of nitrogens with zero attached hydrogens (tertiary/aromatic N) is 1. The molecule has 23 heavy (non-hydrogen) atoms. The zero-order chi connectivity index (χ0) is 17.0. The van der Waals surface area contributed by atoms with Crippen molar-refractivity contribution in [1.82, 2.24) is 10.3 Å². The summed E-state index contributed by atoms with van der Waals surface area (Å²) in [6.07, 6.45) is 1.09. The number of carbonyl (C=O) groups excluding carboxylic acids is 1. The van der Waals surface area contributed by atoms with E-state index in [9.17, 15) is 14.7 Å². The van der Waals surface area contributed by atoms with Gasteiger partial charge in [-0.1, -0.05) is 13.3 Å². The number of hydrogen-bond acceptors (Lipinski definition) is 5. The molecular formula is C16H20N2O4S. The van der Waals surface area contributed by atoms with E-state index < -0.39 is 11.5 Å². The highest BCUT2D eigenvalue weighted by molar-refractivity contribution is 7.13. The molecule has 2 rings (SSSR count). The average molecular weight is 336 g/mol. The van der Waals surface area contributed by atoms with Crippen LogP contribution in [-0.4, -0.2) is 27.5 Å². The van der Waals surface area contributed by atoms with Crippen molar-refractivity contribution in [2.75, 3.05) is 0 Å². The van der Waals surface area contributed by atoms with E-state index in [0.717, 1.165) is 5.76 Å². The zero-order valence-corrected chi connectivity index (χ0v) is 14.2. The van der Waals surface area contributed by atoms with Gasteiger partial charge < -0.3 is 14.8 Å². The lowest BCUT2D eigenvalue weighted by atomic mass is 9.96. The average Bonchev–Trinajstić information content (AvgIpc) is 3.07. The Kier molecular flexibility index (Phi) is 5.20. The maximum atomic E-state index is 12.1. The van der Waals surface area contributed by atoms with Gasteiger partial charge in [0.25, 0.3) is 0 Å².